The molecule has 4 rings (SSSR count). The lowest BCUT2D eigenvalue weighted by Crippen LogP contribution is -2.67. The monoisotopic (exact) mass is 884 g/mol. The molecule has 61 heavy (non-hydrogen) atoms. The van der Waals surface area contributed by atoms with E-state index in [0.717, 1.165) is 6.08 Å². The molecule has 336 valence electrons. The standard InChI is InChI=1S/C39H44F6N2O6S.C4H6O2.CH4/c1-27(29-21-31(38(40,41)42)23-32(22-29)39(43,44)45)53-26-37(30-15-10-7-11-16-30)20-19-36(18-12-17-33(48)51-5,46-54(50)35(2,3)4)25-47(37)34(49)52-24-28-13-8-6-9-14-28;1-3-4(5)6-2;/h6-17,21-23,27,46H,18-20,24-26H2,1-5H3;3H,1H2,2H3;1H4/b17-12+;;/t27-,36-,37-,54?;;/m1../s1. The van der Waals surface area contributed by atoms with Crippen LogP contribution in [0.15, 0.2) is 104 Å². The number of rotatable bonds is 13. The molecular weight excluding hydrogens is 831 g/mol. The minimum Gasteiger partial charge on any atom is -0.466 e. The number of nitrogens with zero attached hydrogens (tertiary/aromatic N) is 1. The third-order valence-corrected chi connectivity index (χ3v) is 11.3. The van der Waals surface area contributed by atoms with Crippen molar-refractivity contribution in [2.24, 2.45) is 0 Å². The van der Waals surface area contributed by atoms with Crippen LogP contribution in [0.3, 0.4) is 0 Å². The predicted molar refractivity (Wildman–Crippen MR) is 220 cm³/mol. The predicted octanol–water partition coefficient (Wildman–Crippen LogP) is 10.0. The minimum atomic E-state index is -5.06. The van der Waals surface area contributed by atoms with Crippen LogP contribution in [-0.4, -0.2) is 64.8 Å². The molecule has 1 N–H and O–H groups in total. The second kappa shape index (κ2) is 22.2. The molecule has 1 unspecified atom stereocenters. The average Bonchev–Trinajstić information content (AvgIpc) is 3.21. The summed E-state index contributed by atoms with van der Waals surface area (Å²) >= 11 is 0. The van der Waals surface area contributed by atoms with Gasteiger partial charge in [-0.25, -0.2) is 23.3 Å². The lowest BCUT2D eigenvalue weighted by Gasteiger charge is -2.53. The van der Waals surface area contributed by atoms with Crippen molar-refractivity contribution in [2.75, 3.05) is 27.4 Å². The largest absolute Gasteiger partial charge is 0.466 e. The molecule has 1 aliphatic rings. The van der Waals surface area contributed by atoms with Gasteiger partial charge in [0.15, 0.2) is 0 Å². The maximum Gasteiger partial charge on any atom is 0.416 e. The van der Waals surface area contributed by atoms with Gasteiger partial charge < -0.3 is 18.9 Å². The summed E-state index contributed by atoms with van der Waals surface area (Å²) in [5, 5.41) is 0. The average molecular weight is 885 g/mol. The van der Waals surface area contributed by atoms with Crippen LogP contribution in [0.1, 0.15) is 88.3 Å². The fraction of sp³-hybridized carbons (Fsp3) is 0.432. The highest BCUT2D eigenvalue weighted by Crippen LogP contribution is 2.45. The molecule has 0 bridgehead atoms. The number of esters is 2. The van der Waals surface area contributed by atoms with Gasteiger partial charge in [-0.2, -0.15) is 26.3 Å². The number of likely N-dealkylation sites (tertiary alicyclic amines) is 1. The van der Waals surface area contributed by atoms with Crippen LogP contribution in [0.4, 0.5) is 31.1 Å². The zero-order valence-corrected chi connectivity index (χ0v) is 35.0. The van der Waals surface area contributed by atoms with Gasteiger partial charge >= 0.3 is 30.4 Å². The summed E-state index contributed by atoms with van der Waals surface area (Å²) in [6.07, 6.45) is -7.89. The number of alkyl halides is 6. The van der Waals surface area contributed by atoms with Gasteiger partial charge in [-0.15, -0.1) is 0 Å². The van der Waals surface area contributed by atoms with Crippen LogP contribution in [0, 0.1) is 0 Å². The van der Waals surface area contributed by atoms with Crippen molar-refractivity contribution >= 4 is 29.0 Å². The molecule has 0 saturated carbocycles. The summed E-state index contributed by atoms with van der Waals surface area (Å²) in [7, 11) is 0.860. The van der Waals surface area contributed by atoms with Crippen LogP contribution < -0.4 is 4.72 Å². The molecule has 0 spiro atoms. The Balaban J connectivity index is 0.00000170. The lowest BCUT2D eigenvalue weighted by molar-refractivity contribution is -0.143. The SMILES string of the molecule is C.C=CC(=O)OC.COC(=O)/C=C/C[C@@]1(NS(=O)C(C)(C)C)CC[C@@](CO[C@H](C)c2cc(C(F)(F)F)cc(C(F)(F)F)c2)(c2ccccc2)N(C(=O)OCc2ccccc2)C1. The number of carbonyl (C=O) groups excluding carboxylic acids is 3. The summed E-state index contributed by atoms with van der Waals surface area (Å²) in [6.45, 7) is 9.16. The zero-order valence-electron chi connectivity index (χ0n) is 34.2. The van der Waals surface area contributed by atoms with Gasteiger partial charge in [0.1, 0.15) is 6.61 Å². The van der Waals surface area contributed by atoms with Crippen molar-refractivity contribution in [3.05, 3.63) is 131 Å². The third-order valence-electron chi connectivity index (χ3n) is 9.58. The lowest BCUT2D eigenvalue weighted by atomic mass is 9.74. The Morgan fingerprint density at radius 3 is 1.89 bits per heavy atom. The smallest absolute Gasteiger partial charge is 0.416 e. The van der Waals surface area contributed by atoms with E-state index in [-0.39, 0.29) is 58.1 Å². The number of benzene rings is 3. The third kappa shape index (κ3) is 14.8. The van der Waals surface area contributed by atoms with Crippen molar-refractivity contribution in [2.45, 2.75) is 95.3 Å². The Kier molecular flexibility index (Phi) is 19.0. The highest BCUT2D eigenvalue weighted by atomic mass is 32.2. The molecule has 0 aromatic heterocycles. The number of hydrogen-bond acceptors (Lipinski definition) is 8. The Hall–Kier alpha value is -5.00. The van der Waals surface area contributed by atoms with Gasteiger partial charge in [-0.05, 0) is 81.8 Å². The number of halogens is 6. The summed E-state index contributed by atoms with van der Waals surface area (Å²) in [6, 6.07) is 18.8. The Bertz CT molecular complexity index is 1940. The van der Waals surface area contributed by atoms with Crippen LogP contribution in [0.25, 0.3) is 0 Å². The van der Waals surface area contributed by atoms with Crippen LogP contribution in [-0.2, 0) is 64.0 Å². The van der Waals surface area contributed by atoms with Gasteiger partial charge in [-0.1, -0.05) is 80.7 Å². The molecule has 10 nitrogen and oxygen atoms in total. The van der Waals surface area contributed by atoms with E-state index in [1.165, 1.54) is 32.1 Å². The van der Waals surface area contributed by atoms with Crippen LogP contribution >= 0.6 is 0 Å². The van der Waals surface area contributed by atoms with Crippen molar-refractivity contribution in [3.63, 3.8) is 0 Å². The zero-order chi connectivity index (χ0) is 44.9. The van der Waals surface area contributed by atoms with Gasteiger partial charge in [0.2, 0.25) is 0 Å². The number of nitrogens with one attached hydrogen (secondary N) is 1. The number of methoxy groups -OCH3 is 2. The topological polar surface area (TPSA) is 120 Å². The number of ether oxygens (including phenoxy) is 4. The quantitative estimate of drug-likeness (QED) is 0.0780. The van der Waals surface area contributed by atoms with E-state index in [2.05, 4.69) is 16.0 Å². The molecule has 1 fully saturated rings. The van der Waals surface area contributed by atoms with Gasteiger partial charge in [0.05, 0.1) is 64.9 Å². The number of piperidine rings is 1. The molecule has 1 aliphatic heterocycles. The summed E-state index contributed by atoms with van der Waals surface area (Å²) < 4.78 is 120. The number of hydrogen-bond donors (Lipinski definition) is 1. The van der Waals surface area contributed by atoms with E-state index in [1.807, 2.05) is 0 Å². The van der Waals surface area contributed by atoms with E-state index in [0.29, 0.717) is 23.3 Å². The number of amides is 1. The molecule has 4 atom stereocenters. The summed E-state index contributed by atoms with van der Waals surface area (Å²) in [4.78, 5) is 37.7. The molecule has 1 heterocycles. The first-order valence-electron chi connectivity index (χ1n) is 18.6. The molecule has 3 aromatic rings. The fourth-order valence-electron chi connectivity index (χ4n) is 6.18. The fourth-order valence-corrected chi connectivity index (χ4v) is 7.13. The first kappa shape index (κ1) is 52.1. The molecule has 17 heteroatoms. The summed E-state index contributed by atoms with van der Waals surface area (Å²) in [5.74, 6) is -1.02. The molecule has 0 radical (unpaired) electrons. The molecular formula is C44H54F6N2O8S. The van der Waals surface area contributed by atoms with Crippen molar-refractivity contribution < 1.29 is 63.9 Å². The van der Waals surface area contributed by atoms with Gasteiger partial charge in [0.25, 0.3) is 0 Å². The van der Waals surface area contributed by atoms with Crippen molar-refractivity contribution in [3.8, 4) is 0 Å². The van der Waals surface area contributed by atoms with Crippen LogP contribution in [0.2, 0.25) is 0 Å². The second-order valence-corrected chi connectivity index (χ2v) is 16.9. The molecule has 1 amide bonds. The van der Waals surface area contributed by atoms with E-state index >= 15 is 0 Å². The van der Waals surface area contributed by atoms with E-state index in [4.69, 9.17) is 14.2 Å². The minimum absolute atomic E-state index is 0. The van der Waals surface area contributed by atoms with Crippen molar-refractivity contribution in [1.29, 1.82) is 0 Å². The highest BCUT2D eigenvalue weighted by Gasteiger charge is 2.53. The Morgan fingerprint density at radius 2 is 1.41 bits per heavy atom. The molecule has 3 aromatic carbocycles. The second-order valence-electron chi connectivity index (χ2n) is 14.9. The first-order valence-corrected chi connectivity index (χ1v) is 19.7. The first-order chi connectivity index (χ1) is 28.0. The van der Waals surface area contributed by atoms with Gasteiger partial charge in [-0.3, -0.25) is 4.90 Å². The van der Waals surface area contributed by atoms with E-state index < -0.39 is 74.4 Å². The molecule has 1 saturated heterocycles. The Labute approximate surface area is 355 Å². The summed E-state index contributed by atoms with van der Waals surface area (Å²) in [5.41, 5.74) is -4.57. The van der Waals surface area contributed by atoms with Crippen molar-refractivity contribution in [1.82, 2.24) is 9.62 Å². The van der Waals surface area contributed by atoms with Crippen LogP contribution in [0.5, 0.6) is 0 Å². The maximum atomic E-state index is 14.4. The van der Waals surface area contributed by atoms with E-state index in [9.17, 15) is 44.9 Å². The highest BCUT2D eigenvalue weighted by molar-refractivity contribution is 7.84. The van der Waals surface area contributed by atoms with E-state index in [1.54, 1.807) is 87.5 Å². The molecule has 0 aliphatic carbocycles. The van der Waals surface area contributed by atoms with Gasteiger partial charge in [0, 0.05) is 18.7 Å². The number of carbonyl (C=O) groups is 3. The Morgan fingerprint density at radius 1 is 0.869 bits per heavy atom. The maximum absolute atomic E-state index is 14.4. The normalized spacial score (nSPS) is 19.0.